The number of ether oxygens (including phenoxy) is 1. The predicted octanol–water partition coefficient (Wildman–Crippen LogP) is 0.969. The average Bonchev–Trinajstić information content (AvgIpc) is 2.31. The topological polar surface area (TPSA) is 39.9 Å². The highest BCUT2D eigenvalue weighted by Gasteiger charge is 1.96. The van der Waals surface area contributed by atoms with Gasteiger partial charge in [0.1, 0.15) is 18.9 Å². The monoisotopic (exact) mass is 155 g/mol. The molecule has 0 bridgehead atoms. The number of aryl methyl sites for hydroxylation is 1. The Balaban J connectivity index is 2.39. The number of hydrogen-bond donors (Lipinski definition) is 0. The van der Waals surface area contributed by atoms with Crippen LogP contribution in [-0.2, 0) is 11.5 Å². The third-order valence-corrected chi connectivity index (χ3v) is 1.19. The highest BCUT2D eigenvalue weighted by molar-refractivity contribution is 4.73. The summed E-state index contributed by atoms with van der Waals surface area (Å²) < 4.78 is 6.98. The lowest BCUT2D eigenvalue weighted by Crippen LogP contribution is -2.08. The molecule has 0 fully saturated rings. The molecule has 4 heteroatoms. The lowest BCUT2D eigenvalue weighted by atomic mass is 10.5. The van der Waals surface area contributed by atoms with Gasteiger partial charge >= 0.3 is 0 Å². The van der Waals surface area contributed by atoms with Crippen LogP contribution in [0.4, 0.5) is 0 Å². The van der Waals surface area contributed by atoms with E-state index in [1.54, 1.807) is 11.0 Å². The van der Waals surface area contributed by atoms with E-state index in [1.165, 1.54) is 0 Å². The highest BCUT2D eigenvalue weighted by Crippen LogP contribution is 1.92. The average molecular weight is 155 g/mol. The van der Waals surface area contributed by atoms with Gasteiger partial charge in [0.25, 0.3) is 0 Å². The molecule has 0 saturated heterocycles. The van der Waals surface area contributed by atoms with Crippen molar-refractivity contribution < 1.29 is 4.74 Å². The van der Waals surface area contributed by atoms with Crippen LogP contribution in [0.15, 0.2) is 6.33 Å². The zero-order valence-corrected chi connectivity index (χ0v) is 7.11. The van der Waals surface area contributed by atoms with Gasteiger partial charge in [0, 0.05) is 0 Å². The molecule has 1 rings (SSSR count). The molecule has 0 aliphatic heterocycles. The van der Waals surface area contributed by atoms with Gasteiger partial charge < -0.3 is 4.74 Å². The van der Waals surface area contributed by atoms with Crippen molar-refractivity contribution in [2.75, 3.05) is 0 Å². The highest BCUT2D eigenvalue weighted by atomic mass is 16.5. The molecule has 0 aromatic carbocycles. The normalized spacial score (nSPS) is 10.9. The Hall–Kier alpha value is -0.900. The van der Waals surface area contributed by atoms with Gasteiger partial charge in [-0.05, 0) is 20.8 Å². The van der Waals surface area contributed by atoms with Crippen LogP contribution in [0.5, 0.6) is 0 Å². The van der Waals surface area contributed by atoms with Crippen molar-refractivity contribution >= 4 is 0 Å². The van der Waals surface area contributed by atoms with Gasteiger partial charge in [-0.15, -0.1) is 0 Å². The van der Waals surface area contributed by atoms with Crippen molar-refractivity contribution in [2.24, 2.45) is 0 Å². The maximum absolute atomic E-state index is 5.30. The summed E-state index contributed by atoms with van der Waals surface area (Å²) in [6.07, 6.45) is 1.90. The fourth-order valence-corrected chi connectivity index (χ4v) is 0.675. The van der Waals surface area contributed by atoms with E-state index >= 15 is 0 Å². The van der Waals surface area contributed by atoms with Crippen molar-refractivity contribution in [1.29, 1.82) is 0 Å². The van der Waals surface area contributed by atoms with E-state index in [4.69, 9.17) is 4.74 Å². The van der Waals surface area contributed by atoms with Gasteiger partial charge in [0.15, 0.2) is 0 Å². The Bertz CT molecular complexity index is 219. The van der Waals surface area contributed by atoms with E-state index in [9.17, 15) is 0 Å². The first-order chi connectivity index (χ1) is 5.18. The largest absolute Gasteiger partial charge is 0.357 e. The number of rotatable bonds is 3. The molecule has 62 valence electrons. The quantitative estimate of drug-likeness (QED) is 0.653. The fourth-order valence-electron chi connectivity index (χ4n) is 0.675. The summed E-state index contributed by atoms with van der Waals surface area (Å²) in [7, 11) is 0. The van der Waals surface area contributed by atoms with Crippen molar-refractivity contribution in [3.63, 3.8) is 0 Å². The van der Waals surface area contributed by atoms with Crippen LogP contribution in [0.3, 0.4) is 0 Å². The lowest BCUT2D eigenvalue weighted by molar-refractivity contribution is 0.0218. The van der Waals surface area contributed by atoms with E-state index < -0.39 is 0 Å². The predicted molar refractivity (Wildman–Crippen MR) is 41.0 cm³/mol. The fraction of sp³-hybridized carbons (Fsp3) is 0.714. The van der Waals surface area contributed by atoms with Crippen LogP contribution in [0, 0.1) is 6.92 Å². The molecule has 0 unspecified atom stereocenters. The van der Waals surface area contributed by atoms with E-state index in [0.717, 1.165) is 5.82 Å². The molecule has 0 radical (unpaired) electrons. The number of hydrogen-bond acceptors (Lipinski definition) is 3. The minimum absolute atomic E-state index is 0.236. The molecular formula is C7H13N3O. The first kappa shape index (κ1) is 8.20. The molecule has 0 spiro atoms. The lowest BCUT2D eigenvalue weighted by Gasteiger charge is -2.05. The van der Waals surface area contributed by atoms with Crippen LogP contribution in [0.1, 0.15) is 19.7 Å². The molecule has 0 N–H and O–H groups in total. The number of aromatic nitrogens is 3. The van der Waals surface area contributed by atoms with Gasteiger partial charge in [-0.3, -0.25) is 0 Å². The van der Waals surface area contributed by atoms with Crippen LogP contribution in [-0.4, -0.2) is 20.9 Å². The molecule has 1 heterocycles. The molecule has 0 aliphatic carbocycles. The van der Waals surface area contributed by atoms with Crippen molar-refractivity contribution in [1.82, 2.24) is 14.8 Å². The van der Waals surface area contributed by atoms with Crippen LogP contribution >= 0.6 is 0 Å². The molecule has 0 atom stereocenters. The summed E-state index contributed by atoms with van der Waals surface area (Å²) >= 11 is 0. The van der Waals surface area contributed by atoms with Crippen molar-refractivity contribution in [3.8, 4) is 0 Å². The summed E-state index contributed by atoms with van der Waals surface area (Å²) in [4.78, 5) is 3.97. The van der Waals surface area contributed by atoms with Gasteiger partial charge in [-0.1, -0.05) is 0 Å². The molecule has 0 aliphatic rings. The minimum Gasteiger partial charge on any atom is -0.357 e. The molecule has 11 heavy (non-hydrogen) atoms. The smallest absolute Gasteiger partial charge is 0.147 e. The van der Waals surface area contributed by atoms with Crippen LogP contribution in [0.25, 0.3) is 0 Å². The molecule has 4 nitrogen and oxygen atoms in total. The maximum Gasteiger partial charge on any atom is 0.147 e. The van der Waals surface area contributed by atoms with Gasteiger partial charge in [-0.2, -0.15) is 5.10 Å². The van der Waals surface area contributed by atoms with Crippen molar-refractivity contribution in [3.05, 3.63) is 12.2 Å². The second-order valence-corrected chi connectivity index (χ2v) is 2.68. The molecule has 1 aromatic heterocycles. The molecular weight excluding hydrogens is 142 g/mol. The Kier molecular flexibility index (Phi) is 2.59. The molecule has 0 amide bonds. The summed E-state index contributed by atoms with van der Waals surface area (Å²) in [5.74, 6) is 0.775. The second-order valence-electron chi connectivity index (χ2n) is 2.68. The Morgan fingerprint density at radius 2 is 2.36 bits per heavy atom. The third kappa shape index (κ3) is 2.67. The van der Waals surface area contributed by atoms with Gasteiger partial charge in [-0.25, -0.2) is 9.67 Å². The Morgan fingerprint density at radius 3 is 2.82 bits per heavy atom. The van der Waals surface area contributed by atoms with E-state index in [2.05, 4.69) is 10.1 Å². The summed E-state index contributed by atoms with van der Waals surface area (Å²) in [6, 6.07) is 0. The first-order valence-corrected chi connectivity index (χ1v) is 3.66. The van der Waals surface area contributed by atoms with E-state index in [1.807, 2.05) is 20.8 Å². The second kappa shape index (κ2) is 3.48. The molecule has 1 aromatic rings. The maximum atomic E-state index is 5.30. The van der Waals surface area contributed by atoms with Gasteiger partial charge in [0.05, 0.1) is 6.10 Å². The Morgan fingerprint density at radius 1 is 1.64 bits per heavy atom. The summed E-state index contributed by atoms with van der Waals surface area (Å²) in [5, 5.41) is 4.06. The third-order valence-electron chi connectivity index (χ3n) is 1.19. The van der Waals surface area contributed by atoms with E-state index in [0.29, 0.717) is 6.73 Å². The minimum atomic E-state index is 0.236. The summed E-state index contributed by atoms with van der Waals surface area (Å²) in [6.45, 7) is 6.32. The summed E-state index contributed by atoms with van der Waals surface area (Å²) in [5.41, 5.74) is 0. The number of nitrogens with zero attached hydrogens (tertiary/aromatic N) is 3. The standard InChI is InChI=1S/C7H13N3O/c1-6(2)11-5-10-4-8-7(3)9-10/h4,6H,5H2,1-3H3. The first-order valence-electron chi connectivity index (χ1n) is 3.66. The van der Waals surface area contributed by atoms with Crippen molar-refractivity contribution in [2.45, 2.75) is 33.6 Å². The van der Waals surface area contributed by atoms with Gasteiger partial charge in [0.2, 0.25) is 0 Å². The SMILES string of the molecule is Cc1ncn(COC(C)C)n1. The van der Waals surface area contributed by atoms with E-state index in [-0.39, 0.29) is 6.10 Å². The van der Waals surface area contributed by atoms with Crippen LogP contribution < -0.4 is 0 Å². The molecule has 0 saturated carbocycles. The van der Waals surface area contributed by atoms with Crippen LogP contribution in [0.2, 0.25) is 0 Å². The zero-order valence-electron chi connectivity index (χ0n) is 7.11. The zero-order chi connectivity index (χ0) is 8.27. The Labute approximate surface area is 66.2 Å².